The third-order valence-electron chi connectivity index (χ3n) is 3.03. The number of nitrogens with zero attached hydrogens (tertiary/aromatic N) is 2. The van der Waals surface area contributed by atoms with E-state index in [1.807, 2.05) is 0 Å². The molecule has 6 heteroatoms. The molecular formula is C13H12N2O3S. The van der Waals surface area contributed by atoms with Crippen LogP contribution in [0.25, 0.3) is 11.5 Å². The van der Waals surface area contributed by atoms with E-state index in [0.29, 0.717) is 11.5 Å². The van der Waals surface area contributed by atoms with Gasteiger partial charge in [0.25, 0.3) is 0 Å². The molecular weight excluding hydrogens is 264 g/mol. The molecule has 2 aromatic rings. The van der Waals surface area contributed by atoms with E-state index in [1.165, 1.54) is 6.07 Å². The van der Waals surface area contributed by atoms with E-state index in [9.17, 15) is 4.79 Å². The summed E-state index contributed by atoms with van der Waals surface area (Å²) in [6.45, 7) is 0. The third kappa shape index (κ3) is 2.35. The molecule has 0 saturated carbocycles. The highest BCUT2D eigenvalue weighted by Gasteiger charge is 2.24. The number of rotatable bonds is 3. The molecule has 1 saturated heterocycles. The summed E-state index contributed by atoms with van der Waals surface area (Å²) in [7, 11) is 0. The standard InChI is InChI=1S/C13H12N2O3S/c16-13(17)9-5-2-1-4-8(9)11-14-15-12(18-11)10-6-3-7-19-10/h1-2,4-5,10H,3,6-7H2,(H,16,17). The van der Waals surface area contributed by atoms with Gasteiger partial charge in [-0.25, -0.2) is 4.79 Å². The number of carboxylic acids is 1. The van der Waals surface area contributed by atoms with Crippen molar-refractivity contribution in [2.45, 2.75) is 18.1 Å². The Morgan fingerprint density at radius 2 is 2.21 bits per heavy atom. The van der Waals surface area contributed by atoms with E-state index in [-0.39, 0.29) is 16.7 Å². The van der Waals surface area contributed by atoms with Crippen LogP contribution in [0, 0.1) is 0 Å². The zero-order valence-electron chi connectivity index (χ0n) is 10.1. The van der Waals surface area contributed by atoms with Gasteiger partial charge in [0.1, 0.15) is 0 Å². The number of aromatic carboxylic acids is 1. The fourth-order valence-corrected chi connectivity index (χ4v) is 3.29. The summed E-state index contributed by atoms with van der Waals surface area (Å²) in [6.07, 6.45) is 2.19. The van der Waals surface area contributed by atoms with Gasteiger partial charge in [-0.3, -0.25) is 0 Å². The van der Waals surface area contributed by atoms with Crippen LogP contribution in [0.2, 0.25) is 0 Å². The molecule has 1 atom stereocenters. The smallest absolute Gasteiger partial charge is 0.336 e. The summed E-state index contributed by atoms with van der Waals surface area (Å²) >= 11 is 1.80. The number of hydrogen-bond donors (Lipinski definition) is 1. The first-order valence-corrected chi connectivity index (χ1v) is 7.08. The predicted octanol–water partition coefficient (Wildman–Crippen LogP) is 3.00. The van der Waals surface area contributed by atoms with Crippen molar-refractivity contribution in [3.05, 3.63) is 35.7 Å². The molecule has 0 spiro atoms. The first-order valence-electron chi connectivity index (χ1n) is 6.03. The molecule has 98 valence electrons. The Bertz CT molecular complexity index is 605. The Labute approximate surface area is 114 Å². The third-order valence-corrected chi connectivity index (χ3v) is 4.40. The van der Waals surface area contributed by atoms with Crippen molar-refractivity contribution >= 4 is 17.7 Å². The van der Waals surface area contributed by atoms with Crippen molar-refractivity contribution in [1.29, 1.82) is 0 Å². The van der Waals surface area contributed by atoms with Crippen molar-refractivity contribution in [2.24, 2.45) is 0 Å². The lowest BCUT2D eigenvalue weighted by molar-refractivity contribution is 0.0697. The lowest BCUT2D eigenvalue weighted by Gasteiger charge is -2.02. The minimum Gasteiger partial charge on any atom is -0.478 e. The number of carboxylic acid groups (broad SMARTS) is 1. The maximum absolute atomic E-state index is 11.2. The van der Waals surface area contributed by atoms with Crippen LogP contribution in [-0.2, 0) is 0 Å². The fourth-order valence-electron chi connectivity index (χ4n) is 2.10. The molecule has 5 nitrogen and oxygen atoms in total. The second-order valence-corrected chi connectivity index (χ2v) is 5.61. The average molecular weight is 276 g/mol. The van der Waals surface area contributed by atoms with Crippen molar-refractivity contribution < 1.29 is 14.3 Å². The lowest BCUT2D eigenvalue weighted by Crippen LogP contribution is -1.99. The van der Waals surface area contributed by atoms with Gasteiger partial charge in [0.2, 0.25) is 11.8 Å². The molecule has 1 unspecified atom stereocenters. The van der Waals surface area contributed by atoms with E-state index in [2.05, 4.69) is 10.2 Å². The van der Waals surface area contributed by atoms with Crippen LogP contribution in [-0.4, -0.2) is 27.0 Å². The van der Waals surface area contributed by atoms with Gasteiger partial charge in [-0.1, -0.05) is 12.1 Å². The largest absolute Gasteiger partial charge is 0.478 e. The van der Waals surface area contributed by atoms with E-state index in [0.717, 1.165) is 18.6 Å². The van der Waals surface area contributed by atoms with E-state index < -0.39 is 5.97 Å². The number of benzene rings is 1. The molecule has 1 aliphatic heterocycles. The van der Waals surface area contributed by atoms with Gasteiger partial charge < -0.3 is 9.52 Å². The molecule has 1 N–H and O–H groups in total. The van der Waals surface area contributed by atoms with Gasteiger partial charge in [0.15, 0.2) is 0 Å². The molecule has 0 aliphatic carbocycles. The quantitative estimate of drug-likeness (QED) is 0.928. The van der Waals surface area contributed by atoms with Crippen LogP contribution in [0.3, 0.4) is 0 Å². The minimum absolute atomic E-state index is 0.178. The number of carbonyl (C=O) groups is 1. The van der Waals surface area contributed by atoms with Gasteiger partial charge >= 0.3 is 5.97 Å². The molecule has 3 rings (SSSR count). The predicted molar refractivity (Wildman–Crippen MR) is 71.1 cm³/mol. The molecule has 0 radical (unpaired) electrons. The van der Waals surface area contributed by atoms with Crippen LogP contribution in [0.15, 0.2) is 28.7 Å². The van der Waals surface area contributed by atoms with Crippen molar-refractivity contribution in [3.63, 3.8) is 0 Å². The maximum atomic E-state index is 11.2. The van der Waals surface area contributed by atoms with Gasteiger partial charge in [0.05, 0.1) is 16.4 Å². The van der Waals surface area contributed by atoms with Crippen molar-refractivity contribution in [1.82, 2.24) is 10.2 Å². The maximum Gasteiger partial charge on any atom is 0.336 e. The molecule has 1 aromatic carbocycles. The zero-order valence-corrected chi connectivity index (χ0v) is 10.9. The second kappa shape index (κ2) is 5.05. The summed E-state index contributed by atoms with van der Waals surface area (Å²) in [5.74, 6) is 0.984. The topological polar surface area (TPSA) is 76.2 Å². The summed E-state index contributed by atoms with van der Waals surface area (Å²) in [6, 6.07) is 6.65. The van der Waals surface area contributed by atoms with Gasteiger partial charge in [-0.15, -0.1) is 22.0 Å². The van der Waals surface area contributed by atoms with Crippen LogP contribution in [0.1, 0.15) is 34.3 Å². The molecule has 1 aliphatic rings. The van der Waals surface area contributed by atoms with Crippen LogP contribution in [0.4, 0.5) is 0 Å². The first kappa shape index (κ1) is 12.2. The summed E-state index contributed by atoms with van der Waals surface area (Å²) in [5, 5.41) is 17.4. The van der Waals surface area contributed by atoms with Gasteiger partial charge in [-0.05, 0) is 30.7 Å². The van der Waals surface area contributed by atoms with Crippen LogP contribution < -0.4 is 0 Å². The molecule has 1 fully saturated rings. The fraction of sp³-hybridized carbons (Fsp3) is 0.308. The van der Waals surface area contributed by atoms with E-state index >= 15 is 0 Å². The van der Waals surface area contributed by atoms with Gasteiger partial charge in [-0.2, -0.15) is 0 Å². The summed E-state index contributed by atoms with van der Waals surface area (Å²) < 4.78 is 5.64. The minimum atomic E-state index is -0.995. The Morgan fingerprint density at radius 3 is 2.95 bits per heavy atom. The zero-order chi connectivity index (χ0) is 13.2. The molecule has 1 aromatic heterocycles. The Balaban J connectivity index is 1.96. The highest BCUT2D eigenvalue weighted by molar-refractivity contribution is 7.99. The first-order chi connectivity index (χ1) is 9.25. The highest BCUT2D eigenvalue weighted by atomic mass is 32.2. The highest BCUT2D eigenvalue weighted by Crippen LogP contribution is 2.39. The molecule has 2 heterocycles. The molecule has 19 heavy (non-hydrogen) atoms. The SMILES string of the molecule is O=C(O)c1ccccc1-c1nnc(C2CCCS2)o1. The van der Waals surface area contributed by atoms with Crippen LogP contribution in [0.5, 0.6) is 0 Å². The normalized spacial score (nSPS) is 18.6. The number of aromatic nitrogens is 2. The van der Waals surface area contributed by atoms with E-state index in [1.54, 1.807) is 30.0 Å². The second-order valence-electron chi connectivity index (χ2n) is 4.30. The van der Waals surface area contributed by atoms with Crippen molar-refractivity contribution in [2.75, 3.05) is 5.75 Å². The van der Waals surface area contributed by atoms with Gasteiger partial charge in [0, 0.05) is 0 Å². The summed E-state index contributed by atoms with van der Waals surface area (Å²) in [5.41, 5.74) is 0.647. The monoisotopic (exact) mass is 276 g/mol. The van der Waals surface area contributed by atoms with Crippen molar-refractivity contribution in [3.8, 4) is 11.5 Å². The Morgan fingerprint density at radius 1 is 1.37 bits per heavy atom. The molecule has 0 bridgehead atoms. The van der Waals surface area contributed by atoms with Crippen LogP contribution >= 0.6 is 11.8 Å². The summed E-state index contributed by atoms with van der Waals surface area (Å²) in [4.78, 5) is 11.2. The average Bonchev–Trinajstić information content (AvgIpc) is 3.09. The molecule has 0 amide bonds. The Kier molecular flexibility index (Phi) is 3.25. The Hall–Kier alpha value is -1.82. The number of thioether (sulfide) groups is 1. The van der Waals surface area contributed by atoms with E-state index in [4.69, 9.17) is 9.52 Å². The number of hydrogen-bond acceptors (Lipinski definition) is 5. The lowest BCUT2D eigenvalue weighted by atomic mass is 10.1.